The van der Waals surface area contributed by atoms with Crippen molar-refractivity contribution in [3.8, 4) is 0 Å². The first-order chi connectivity index (χ1) is 9.49. The van der Waals surface area contributed by atoms with Gasteiger partial charge in [-0.2, -0.15) is 0 Å². The summed E-state index contributed by atoms with van der Waals surface area (Å²) in [7, 11) is 4.08. The van der Waals surface area contributed by atoms with Gasteiger partial charge >= 0.3 is 0 Å². The van der Waals surface area contributed by atoms with Crippen molar-refractivity contribution >= 4 is 38.9 Å². The van der Waals surface area contributed by atoms with Gasteiger partial charge in [-0.25, -0.2) is 0 Å². The molecule has 2 aromatic carbocycles. The van der Waals surface area contributed by atoms with E-state index >= 15 is 0 Å². The molecule has 20 heavy (non-hydrogen) atoms. The highest BCUT2D eigenvalue weighted by Gasteiger charge is 2.09. The molecule has 0 amide bonds. The van der Waals surface area contributed by atoms with Gasteiger partial charge in [0.05, 0.1) is 15.2 Å². The highest BCUT2D eigenvalue weighted by molar-refractivity contribution is 9.10. The van der Waals surface area contributed by atoms with Crippen LogP contribution >= 0.6 is 27.5 Å². The van der Waals surface area contributed by atoms with Crippen LogP contribution in [0.4, 0.5) is 11.4 Å². The molecule has 0 aliphatic carbocycles. The standard InChI is InChI=1S/C16H18BrClN2/c1-11(12-7-9-13(10-8-12)20(2)3)19-15-6-4-5-14(18)16(15)17/h4-11,19H,1-3H3. The van der Waals surface area contributed by atoms with E-state index < -0.39 is 0 Å². The van der Waals surface area contributed by atoms with Gasteiger partial charge in [0.25, 0.3) is 0 Å². The van der Waals surface area contributed by atoms with Crippen molar-refractivity contribution < 1.29 is 0 Å². The molecule has 0 saturated carbocycles. The Kier molecular flexibility index (Phi) is 4.95. The van der Waals surface area contributed by atoms with E-state index in [0.717, 1.165) is 10.2 Å². The maximum absolute atomic E-state index is 6.11. The van der Waals surface area contributed by atoms with E-state index in [1.54, 1.807) is 0 Å². The molecule has 0 fully saturated rings. The Labute approximate surface area is 133 Å². The van der Waals surface area contributed by atoms with Crippen LogP contribution in [-0.4, -0.2) is 14.1 Å². The van der Waals surface area contributed by atoms with Gasteiger partial charge in [-0.3, -0.25) is 0 Å². The van der Waals surface area contributed by atoms with Crippen molar-refractivity contribution in [2.45, 2.75) is 13.0 Å². The summed E-state index contributed by atoms with van der Waals surface area (Å²) in [5, 5.41) is 4.18. The Hall–Kier alpha value is -1.19. The lowest BCUT2D eigenvalue weighted by Gasteiger charge is -2.19. The average molecular weight is 354 g/mol. The molecule has 2 aromatic rings. The molecule has 106 valence electrons. The topological polar surface area (TPSA) is 15.3 Å². The molecular formula is C16H18BrClN2. The number of anilines is 2. The van der Waals surface area contributed by atoms with Crippen LogP contribution in [0.1, 0.15) is 18.5 Å². The van der Waals surface area contributed by atoms with Crippen LogP contribution in [0.25, 0.3) is 0 Å². The molecule has 0 aliphatic rings. The summed E-state index contributed by atoms with van der Waals surface area (Å²) in [6.45, 7) is 2.14. The average Bonchev–Trinajstić information content (AvgIpc) is 2.44. The third kappa shape index (κ3) is 3.47. The number of nitrogens with one attached hydrogen (secondary N) is 1. The van der Waals surface area contributed by atoms with E-state index in [2.05, 4.69) is 57.3 Å². The van der Waals surface area contributed by atoms with Crippen molar-refractivity contribution in [2.24, 2.45) is 0 Å². The zero-order valence-corrected chi connectivity index (χ0v) is 14.2. The molecule has 1 unspecified atom stereocenters. The molecule has 0 heterocycles. The smallest absolute Gasteiger partial charge is 0.0593 e. The van der Waals surface area contributed by atoms with E-state index in [9.17, 15) is 0 Å². The normalized spacial score (nSPS) is 12.1. The lowest BCUT2D eigenvalue weighted by atomic mass is 10.1. The predicted octanol–water partition coefficient (Wildman–Crippen LogP) is 5.34. The number of rotatable bonds is 4. The maximum Gasteiger partial charge on any atom is 0.0593 e. The summed E-state index contributed by atoms with van der Waals surface area (Å²) in [5.74, 6) is 0. The molecule has 2 nitrogen and oxygen atoms in total. The SMILES string of the molecule is CC(Nc1cccc(Cl)c1Br)c1ccc(N(C)C)cc1. The second kappa shape index (κ2) is 6.51. The molecule has 0 aliphatic heterocycles. The van der Waals surface area contributed by atoms with E-state index in [4.69, 9.17) is 11.6 Å². The third-order valence-corrected chi connectivity index (χ3v) is 4.63. The highest BCUT2D eigenvalue weighted by atomic mass is 79.9. The van der Waals surface area contributed by atoms with E-state index in [1.165, 1.54) is 11.3 Å². The molecular weight excluding hydrogens is 336 g/mol. The zero-order chi connectivity index (χ0) is 14.7. The molecule has 0 radical (unpaired) electrons. The van der Waals surface area contributed by atoms with Gasteiger partial charge in [0.2, 0.25) is 0 Å². The van der Waals surface area contributed by atoms with Gasteiger partial charge < -0.3 is 10.2 Å². The predicted molar refractivity (Wildman–Crippen MR) is 92.0 cm³/mol. The Morgan fingerprint density at radius 2 is 1.75 bits per heavy atom. The third-order valence-electron chi connectivity index (χ3n) is 3.23. The maximum atomic E-state index is 6.11. The van der Waals surface area contributed by atoms with Crippen LogP contribution < -0.4 is 10.2 Å². The number of hydrogen-bond donors (Lipinski definition) is 1. The first-order valence-electron chi connectivity index (χ1n) is 6.47. The summed E-state index contributed by atoms with van der Waals surface area (Å²) in [5.41, 5.74) is 3.44. The van der Waals surface area contributed by atoms with Crippen LogP contribution in [0.2, 0.25) is 5.02 Å². The Bertz CT molecular complexity index is 582. The van der Waals surface area contributed by atoms with Crippen molar-refractivity contribution in [3.05, 3.63) is 57.5 Å². The van der Waals surface area contributed by atoms with Gasteiger partial charge in [-0.15, -0.1) is 0 Å². The fourth-order valence-electron chi connectivity index (χ4n) is 1.99. The minimum atomic E-state index is 0.209. The second-order valence-electron chi connectivity index (χ2n) is 4.95. The Morgan fingerprint density at radius 3 is 2.35 bits per heavy atom. The van der Waals surface area contributed by atoms with Gasteiger partial charge in [0.15, 0.2) is 0 Å². The van der Waals surface area contributed by atoms with Crippen LogP contribution in [0.5, 0.6) is 0 Å². The van der Waals surface area contributed by atoms with Crippen LogP contribution in [0, 0.1) is 0 Å². The Balaban J connectivity index is 2.15. The van der Waals surface area contributed by atoms with Crippen molar-refractivity contribution in [2.75, 3.05) is 24.3 Å². The molecule has 0 aromatic heterocycles. The van der Waals surface area contributed by atoms with E-state index in [-0.39, 0.29) is 6.04 Å². The molecule has 1 N–H and O–H groups in total. The molecule has 1 atom stereocenters. The lowest BCUT2D eigenvalue weighted by Crippen LogP contribution is -2.10. The number of nitrogens with zero attached hydrogens (tertiary/aromatic N) is 1. The van der Waals surface area contributed by atoms with Gasteiger partial charge in [-0.05, 0) is 52.7 Å². The zero-order valence-electron chi connectivity index (χ0n) is 11.8. The van der Waals surface area contributed by atoms with E-state index in [0.29, 0.717) is 5.02 Å². The number of halogens is 2. The van der Waals surface area contributed by atoms with Crippen molar-refractivity contribution in [1.82, 2.24) is 0 Å². The van der Waals surface area contributed by atoms with Gasteiger partial charge in [0, 0.05) is 25.8 Å². The second-order valence-corrected chi connectivity index (χ2v) is 6.15. The van der Waals surface area contributed by atoms with Crippen LogP contribution in [0.3, 0.4) is 0 Å². The fourth-order valence-corrected chi connectivity index (χ4v) is 2.55. The molecule has 0 bridgehead atoms. The largest absolute Gasteiger partial charge is 0.378 e. The molecule has 4 heteroatoms. The van der Waals surface area contributed by atoms with Crippen LogP contribution in [-0.2, 0) is 0 Å². The quantitative estimate of drug-likeness (QED) is 0.798. The highest BCUT2D eigenvalue weighted by Crippen LogP contribution is 2.32. The lowest BCUT2D eigenvalue weighted by molar-refractivity contribution is 0.883. The first-order valence-corrected chi connectivity index (χ1v) is 7.64. The van der Waals surface area contributed by atoms with Gasteiger partial charge in [0.1, 0.15) is 0 Å². The first kappa shape index (κ1) is 15.2. The van der Waals surface area contributed by atoms with E-state index in [1.807, 2.05) is 32.3 Å². The number of hydrogen-bond acceptors (Lipinski definition) is 2. The summed E-state index contributed by atoms with van der Waals surface area (Å²) < 4.78 is 0.901. The van der Waals surface area contributed by atoms with Crippen molar-refractivity contribution in [3.63, 3.8) is 0 Å². The monoisotopic (exact) mass is 352 g/mol. The molecule has 0 saturated heterocycles. The minimum absolute atomic E-state index is 0.209. The summed E-state index contributed by atoms with van der Waals surface area (Å²) >= 11 is 9.62. The van der Waals surface area contributed by atoms with Crippen molar-refractivity contribution in [1.29, 1.82) is 0 Å². The number of benzene rings is 2. The fraction of sp³-hybridized carbons (Fsp3) is 0.250. The van der Waals surface area contributed by atoms with Gasteiger partial charge in [-0.1, -0.05) is 29.8 Å². The summed E-state index contributed by atoms with van der Waals surface area (Å²) in [4.78, 5) is 2.09. The summed E-state index contributed by atoms with van der Waals surface area (Å²) in [6, 6.07) is 14.6. The summed E-state index contributed by atoms with van der Waals surface area (Å²) in [6.07, 6.45) is 0. The van der Waals surface area contributed by atoms with Crippen LogP contribution in [0.15, 0.2) is 46.9 Å². The Morgan fingerprint density at radius 1 is 1.10 bits per heavy atom. The molecule has 2 rings (SSSR count). The minimum Gasteiger partial charge on any atom is -0.378 e. The molecule has 0 spiro atoms.